The smallest absolute Gasteiger partial charge is 0.308 e. The van der Waals surface area contributed by atoms with Crippen molar-refractivity contribution in [3.63, 3.8) is 0 Å². The number of hydrogen-bond acceptors (Lipinski definition) is 4. The Morgan fingerprint density at radius 1 is 1.10 bits per heavy atom. The summed E-state index contributed by atoms with van der Waals surface area (Å²) in [4.78, 5) is 25.8. The Hall–Kier alpha value is -3.32. The number of methoxy groups -OCH3 is 1. The number of para-hydroxylation sites is 1. The summed E-state index contributed by atoms with van der Waals surface area (Å²) >= 11 is 0. The molecule has 0 saturated carbocycles. The fraction of sp³-hybridized carbons (Fsp3) is 0.227. The number of hydrogen-bond donors (Lipinski definition) is 1. The van der Waals surface area contributed by atoms with Gasteiger partial charge >= 0.3 is 5.97 Å². The third-order valence-electron chi connectivity index (χ3n) is 5.14. The highest BCUT2D eigenvalue weighted by atomic mass is 35.5. The number of aliphatic carboxylic acids is 1. The van der Waals surface area contributed by atoms with Crippen LogP contribution in [0, 0.1) is 5.92 Å². The molecule has 7 nitrogen and oxygen atoms in total. The third kappa shape index (κ3) is 4.16. The molecule has 30 heavy (non-hydrogen) atoms. The second-order valence-electron chi connectivity index (χ2n) is 6.97. The molecule has 2 aromatic carbocycles. The van der Waals surface area contributed by atoms with Crippen LogP contribution in [0.3, 0.4) is 0 Å². The second-order valence-corrected chi connectivity index (χ2v) is 6.97. The molecular weight excluding hydrogens is 406 g/mol. The third-order valence-corrected chi connectivity index (χ3v) is 5.14. The van der Waals surface area contributed by atoms with Crippen molar-refractivity contribution in [2.45, 2.75) is 6.42 Å². The summed E-state index contributed by atoms with van der Waals surface area (Å²) in [6.45, 7) is 0.635. The maximum absolute atomic E-state index is 13.0. The zero-order valence-corrected chi connectivity index (χ0v) is 17.2. The topological polar surface area (TPSA) is 84.7 Å². The first kappa shape index (κ1) is 21.4. The molecule has 2 heterocycles. The lowest BCUT2D eigenvalue weighted by atomic mass is 10.1. The number of carboxylic acid groups (broad SMARTS) is 1. The van der Waals surface area contributed by atoms with Crippen molar-refractivity contribution in [2.75, 3.05) is 20.2 Å². The standard InChI is InChI=1S/C22H21N3O4.ClH/c1-29-18-9-7-15(8-10-18)20-13-19(23-25(20)17-5-3-2-4-6-17)21(26)24-12-11-16(14-24)22(27)28;/h2-10,13,16H,11-12,14H2,1H3,(H,27,28);1H. The van der Waals surface area contributed by atoms with Gasteiger partial charge in [0.05, 0.1) is 24.4 Å². The quantitative estimate of drug-likeness (QED) is 0.673. The van der Waals surface area contributed by atoms with E-state index in [1.807, 2.05) is 54.6 Å². The maximum atomic E-state index is 13.0. The monoisotopic (exact) mass is 427 g/mol. The van der Waals surface area contributed by atoms with Gasteiger partial charge in [-0.3, -0.25) is 9.59 Å². The first-order valence-corrected chi connectivity index (χ1v) is 9.39. The highest BCUT2D eigenvalue weighted by Gasteiger charge is 2.32. The van der Waals surface area contributed by atoms with Crippen LogP contribution in [0.15, 0.2) is 60.7 Å². The van der Waals surface area contributed by atoms with E-state index < -0.39 is 11.9 Å². The van der Waals surface area contributed by atoms with Gasteiger partial charge in [0.15, 0.2) is 5.69 Å². The van der Waals surface area contributed by atoms with Gasteiger partial charge in [0.25, 0.3) is 5.91 Å². The Balaban J connectivity index is 0.00000256. The van der Waals surface area contributed by atoms with E-state index in [0.717, 1.165) is 22.7 Å². The largest absolute Gasteiger partial charge is 0.497 e. The Morgan fingerprint density at radius 3 is 2.40 bits per heavy atom. The molecule has 0 aliphatic carbocycles. The Kier molecular flexibility index (Phi) is 6.42. The first-order valence-electron chi connectivity index (χ1n) is 9.39. The van der Waals surface area contributed by atoms with E-state index in [-0.39, 0.29) is 24.9 Å². The van der Waals surface area contributed by atoms with Crippen molar-refractivity contribution in [3.05, 3.63) is 66.4 Å². The number of likely N-dealkylation sites (tertiary alicyclic amines) is 1. The van der Waals surface area contributed by atoms with E-state index in [9.17, 15) is 14.7 Å². The fourth-order valence-corrected chi connectivity index (χ4v) is 3.53. The van der Waals surface area contributed by atoms with Gasteiger partial charge < -0.3 is 14.7 Å². The zero-order valence-electron chi connectivity index (χ0n) is 16.4. The number of carboxylic acids is 1. The van der Waals surface area contributed by atoms with Crippen LogP contribution in [-0.2, 0) is 4.79 Å². The molecule has 1 aliphatic rings. The fourth-order valence-electron chi connectivity index (χ4n) is 3.53. The molecule has 1 aromatic heterocycles. The van der Waals surface area contributed by atoms with Crippen LogP contribution < -0.4 is 4.74 Å². The van der Waals surface area contributed by atoms with Crippen LogP contribution in [0.1, 0.15) is 16.9 Å². The minimum atomic E-state index is -0.867. The predicted molar refractivity (Wildman–Crippen MR) is 114 cm³/mol. The average Bonchev–Trinajstić information content (AvgIpc) is 3.42. The first-order chi connectivity index (χ1) is 14.1. The van der Waals surface area contributed by atoms with E-state index in [1.165, 1.54) is 0 Å². The number of halogens is 1. The Morgan fingerprint density at radius 2 is 1.80 bits per heavy atom. The highest BCUT2D eigenvalue weighted by molar-refractivity contribution is 5.94. The van der Waals surface area contributed by atoms with Gasteiger partial charge in [-0.15, -0.1) is 12.4 Å². The Bertz CT molecular complexity index is 1030. The number of benzene rings is 2. The lowest BCUT2D eigenvalue weighted by molar-refractivity contribution is -0.141. The molecule has 1 atom stereocenters. The van der Waals surface area contributed by atoms with Crippen molar-refractivity contribution in [2.24, 2.45) is 5.92 Å². The molecule has 1 aliphatic heterocycles. The van der Waals surface area contributed by atoms with E-state index in [4.69, 9.17) is 4.74 Å². The second kappa shape index (κ2) is 9.00. The van der Waals surface area contributed by atoms with E-state index >= 15 is 0 Å². The van der Waals surface area contributed by atoms with Gasteiger partial charge in [0.2, 0.25) is 0 Å². The molecule has 0 radical (unpaired) electrons. The van der Waals surface area contributed by atoms with Crippen molar-refractivity contribution in [1.82, 2.24) is 14.7 Å². The highest BCUT2D eigenvalue weighted by Crippen LogP contribution is 2.27. The number of amides is 1. The van der Waals surface area contributed by atoms with Crippen LogP contribution in [0.4, 0.5) is 0 Å². The molecule has 0 bridgehead atoms. The number of nitrogens with zero attached hydrogens (tertiary/aromatic N) is 3. The molecular formula is C22H22ClN3O4. The Labute approximate surface area is 180 Å². The SMILES string of the molecule is COc1ccc(-c2cc(C(=O)N3CCC(C(=O)O)C3)nn2-c2ccccc2)cc1.Cl. The molecule has 1 saturated heterocycles. The van der Waals surface area contributed by atoms with Crippen LogP contribution in [0.25, 0.3) is 16.9 Å². The van der Waals surface area contributed by atoms with Crippen LogP contribution in [0.5, 0.6) is 5.75 Å². The maximum Gasteiger partial charge on any atom is 0.308 e. The van der Waals surface area contributed by atoms with E-state index in [1.54, 1.807) is 22.8 Å². The van der Waals surface area contributed by atoms with Gasteiger partial charge in [-0.2, -0.15) is 5.10 Å². The zero-order chi connectivity index (χ0) is 20.4. The summed E-state index contributed by atoms with van der Waals surface area (Å²) in [5.41, 5.74) is 2.80. The molecule has 3 aromatic rings. The van der Waals surface area contributed by atoms with Crippen LogP contribution in [0.2, 0.25) is 0 Å². The van der Waals surface area contributed by atoms with Crippen molar-refractivity contribution in [3.8, 4) is 22.7 Å². The van der Waals surface area contributed by atoms with E-state index in [2.05, 4.69) is 5.10 Å². The lowest BCUT2D eigenvalue weighted by Crippen LogP contribution is -2.30. The van der Waals surface area contributed by atoms with Gasteiger partial charge in [-0.1, -0.05) is 18.2 Å². The van der Waals surface area contributed by atoms with Crippen molar-refractivity contribution >= 4 is 24.3 Å². The predicted octanol–water partition coefficient (Wildman–Crippen LogP) is 3.52. The molecule has 1 fully saturated rings. The summed E-state index contributed by atoms with van der Waals surface area (Å²) in [6, 6.07) is 18.9. The van der Waals surface area contributed by atoms with Gasteiger partial charge in [0.1, 0.15) is 5.75 Å². The average molecular weight is 428 g/mol. The lowest BCUT2D eigenvalue weighted by Gasteiger charge is -2.13. The molecule has 4 rings (SSSR count). The van der Waals surface area contributed by atoms with Gasteiger partial charge in [0, 0.05) is 18.7 Å². The number of aromatic nitrogens is 2. The molecule has 1 amide bonds. The van der Waals surface area contributed by atoms with Crippen molar-refractivity contribution in [1.29, 1.82) is 0 Å². The number of carbonyl (C=O) groups is 2. The molecule has 0 spiro atoms. The number of ether oxygens (including phenoxy) is 1. The van der Waals surface area contributed by atoms with Gasteiger partial charge in [-0.05, 0) is 48.9 Å². The minimum absolute atomic E-state index is 0. The normalized spacial score (nSPS) is 15.5. The summed E-state index contributed by atoms with van der Waals surface area (Å²) in [7, 11) is 1.61. The summed E-state index contributed by atoms with van der Waals surface area (Å²) in [5.74, 6) is -0.893. The van der Waals surface area contributed by atoms with Crippen LogP contribution >= 0.6 is 12.4 Å². The molecule has 1 N–H and O–H groups in total. The summed E-state index contributed by atoms with van der Waals surface area (Å²) in [5, 5.41) is 13.8. The van der Waals surface area contributed by atoms with Crippen molar-refractivity contribution < 1.29 is 19.4 Å². The van der Waals surface area contributed by atoms with E-state index in [0.29, 0.717) is 18.7 Å². The molecule has 1 unspecified atom stereocenters. The summed E-state index contributed by atoms with van der Waals surface area (Å²) in [6.07, 6.45) is 0.464. The number of carbonyl (C=O) groups excluding carboxylic acids is 1. The molecule has 8 heteroatoms. The molecule has 156 valence electrons. The van der Waals surface area contributed by atoms with Gasteiger partial charge in [-0.25, -0.2) is 4.68 Å². The summed E-state index contributed by atoms with van der Waals surface area (Å²) < 4.78 is 6.96. The van der Waals surface area contributed by atoms with Crippen LogP contribution in [-0.4, -0.2) is 51.9 Å². The minimum Gasteiger partial charge on any atom is -0.497 e. The number of rotatable bonds is 5.